The van der Waals surface area contributed by atoms with Gasteiger partial charge in [-0.2, -0.15) is 0 Å². The number of carboxylic acid groups (broad SMARTS) is 1. The molecule has 0 saturated heterocycles. The number of carboxylic acids is 1. The van der Waals surface area contributed by atoms with Gasteiger partial charge in [0.1, 0.15) is 0 Å². The Bertz CT molecular complexity index is 239. The summed E-state index contributed by atoms with van der Waals surface area (Å²) in [5.74, 6) is -0.914. The maximum atomic E-state index is 10.2. The van der Waals surface area contributed by atoms with Gasteiger partial charge in [-0.05, 0) is 38.5 Å². The minimum absolute atomic E-state index is 0. The number of rotatable bonds is 15. The Balaban J connectivity index is 0. The number of hydrogen-bond donors (Lipinski definition) is 0. The molecule has 0 saturated carbocycles. The molecule has 0 aliphatic heterocycles. The second kappa shape index (κ2) is 20.0. The molecule has 3 heteroatoms. The van der Waals surface area contributed by atoms with Gasteiger partial charge >= 0.3 is 23.1 Å². The molecule has 0 aliphatic carbocycles. The number of aliphatic carboxylic acids is 1. The van der Waals surface area contributed by atoms with Crippen LogP contribution >= 0.6 is 0 Å². The molecule has 0 amide bonds. The van der Waals surface area contributed by atoms with E-state index in [4.69, 9.17) is 0 Å². The number of unbranched alkanes of at least 4 members (excludes halogenated alkanes) is 11. The summed E-state index contributed by atoms with van der Waals surface area (Å²) in [4.78, 5) is 10.2. The summed E-state index contributed by atoms with van der Waals surface area (Å²) in [6, 6.07) is 0. The third-order valence-corrected chi connectivity index (χ3v) is 3.64. The number of hydrogen-bond acceptors (Lipinski definition) is 2. The molecule has 0 rings (SSSR count). The molecule has 0 atom stereocenters. The molecule has 0 aromatic carbocycles. The summed E-state index contributed by atoms with van der Waals surface area (Å²) in [5.41, 5.74) is 0. The van der Waals surface area contributed by atoms with Crippen molar-refractivity contribution >= 4 is 29.0 Å². The van der Waals surface area contributed by atoms with Crippen molar-refractivity contribution in [3.8, 4) is 0 Å². The van der Waals surface area contributed by atoms with Gasteiger partial charge in [0.15, 0.2) is 0 Å². The molecule has 2 nitrogen and oxygen atoms in total. The van der Waals surface area contributed by atoms with E-state index in [1.54, 1.807) is 0 Å². The van der Waals surface area contributed by atoms with E-state index in [2.05, 4.69) is 19.1 Å². The van der Waals surface area contributed by atoms with Crippen molar-refractivity contribution in [3.05, 3.63) is 12.2 Å². The first-order chi connectivity index (χ1) is 9.77. The van der Waals surface area contributed by atoms with Crippen LogP contribution in [0.4, 0.5) is 0 Å². The minimum Gasteiger partial charge on any atom is -0.550 e. The number of carbonyl (C=O) groups is 1. The molecule has 0 radical (unpaired) electrons. The smallest absolute Gasteiger partial charge is 0.550 e. The maximum absolute atomic E-state index is 10.2. The molecule has 0 unspecified atom stereocenters. The molecular weight excluding hydrogens is 273 g/mol. The normalized spacial score (nSPS) is 10.7. The Morgan fingerprint density at radius 2 is 1.19 bits per heavy atom. The monoisotopic (exact) mass is 305 g/mol. The molecule has 0 aromatic heterocycles. The third kappa shape index (κ3) is 22.4. The van der Waals surface area contributed by atoms with Crippen molar-refractivity contribution in [3.63, 3.8) is 0 Å². The fourth-order valence-electron chi connectivity index (χ4n) is 2.34. The van der Waals surface area contributed by atoms with E-state index in [0.29, 0.717) is 0 Å². The van der Waals surface area contributed by atoms with Gasteiger partial charge in [-0.25, -0.2) is 0 Å². The Kier molecular flexibility index (Phi) is 22.1. The van der Waals surface area contributed by atoms with Crippen LogP contribution in [-0.4, -0.2) is 29.0 Å². The Labute approximate surface area is 147 Å². The third-order valence-electron chi connectivity index (χ3n) is 3.64. The van der Waals surface area contributed by atoms with Crippen LogP contribution in [0.3, 0.4) is 0 Å². The van der Waals surface area contributed by atoms with Crippen LogP contribution < -0.4 is 5.11 Å². The minimum atomic E-state index is -0.914. The maximum Gasteiger partial charge on any atom is 2.00 e. The summed E-state index contributed by atoms with van der Waals surface area (Å²) in [7, 11) is 0. The van der Waals surface area contributed by atoms with Crippen LogP contribution in [0.25, 0.3) is 0 Å². The zero-order valence-corrected chi connectivity index (χ0v) is 15.5. The molecule has 0 bridgehead atoms. The summed E-state index contributed by atoms with van der Waals surface area (Å²) in [5, 5.41) is 10.2. The first-order valence-electron chi connectivity index (χ1n) is 8.62. The fourth-order valence-corrected chi connectivity index (χ4v) is 2.34. The van der Waals surface area contributed by atoms with Crippen molar-refractivity contribution < 1.29 is 9.90 Å². The fraction of sp³-hybridized carbons (Fsp3) is 0.833. The van der Waals surface area contributed by atoms with E-state index in [9.17, 15) is 9.90 Å². The SMILES string of the molecule is CCCCCCCC/C=C\CCCCCCCC(=O)[O-].[Mg+2]. The topological polar surface area (TPSA) is 40.1 Å². The molecule has 0 N–H and O–H groups in total. The summed E-state index contributed by atoms with van der Waals surface area (Å²) in [6.45, 7) is 2.26. The molecule has 118 valence electrons. The van der Waals surface area contributed by atoms with E-state index in [1.807, 2.05) is 0 Å². The zero-order chi connectivity index (χ0) is 14.9. The first kappa shape index (κ1) is 23.2. The predicted octanol–water partition coefficient (Wildman–Crippen LogP) is 4.39. The van der Waals surface area contributed by atoms with Crippen LogP contribution in [0.2, 0.25) is 0 Å². The van der Waals surface area contributed by atoms with Gasteiger partial charge in [0.2, 0.25) is 0 Å². The van der Waals surface area contributed by atoms with E-state index in [-0.39, 0.29) is 29.5 Å². The Morgan fingerprint density at radius 1 is 0.762 bits per heavy atom. The summed E-state index contributed by atoms with van der Waals surface area (Å²) >= 11 is 0. The molecule has 0 fully saturated rings. The van der Waals surface area contributed by atoms with Crippen LogP contribution in [0, 0.1) is 0 Å². The van der Waals surface area contributed by atoms with Crippen LogP contribution in [-0.2, 0) is 4.79 Å². The summed E-state index contributed by atoms with van der Waals surface area (Å²) in [6.07, 6.45) is 20.9. The first-order valence-corrected chi connectivity index (χ1v) is 8.62. The van der Waals surface area contributed by atoms with Gasteiger partial charge < -0.3 is 9.90 Å². The molecule has 0 heterocycles. The molecular formula is C18H33MgO2+. The molecule has 0 aromatic rings. The molecule has 0 spiro atoms. The summed E-state index contributed by atoms with van der Waals surface area (Å²) < 4.78 is 0. The van der Waals surface area contributed by atoms with Gasteiger partial charge in [0, 0.05) is 5.97 Å². The Hall–Kier alpha value is -0.0238. The molecule has 21 heavy (non-hydrogen) atoms. The van der Waals surface area contributed by atoms with E-state index >= 15 is 0 Å². The quantitative estimate of drug-likeness (QED) is 0.256. The number of carbonyl (C=O) groups excluding carboxylic acids is 1. The van der Waals surface area contributed by atoms with Crippen LogP contribution in [0.5, 0.6) is 0 Å². The van der Waals surface area contributed by atoms with Gasteiger partial charge in [-0.15, -0.1) is 0 Å². The largest absolute Gasteiger partial charge is 2.00 e. The van der Waals surface area contributed by atoms with E-state index in [0.717, 1.165) is 19.3 Å². The van der Waals surface area contributed by atoms with Crippen molar-refractivity contribution in [2.75, 3.05) is 0 Å². The van der Waals surface area contributed by atoms with Crippen molar-refractivity contribution in [1.82, 2.24) is 0 Å². The standard InChI is InChI=1S/C18H34O2.Mg/c1-2-3-4-5-6-7-8-9-10-11-12-13-14-15-16-17-18(19)20;/h9-10H,2-8,11-17H2,1H3,(H,19,20);/q;+2/p-1/b10-9-;. The molecule has 0 aliphatic rings. The predicted molar refractivity (Wildman–Crippen MR) is 90.2 cm³/mol. The van der Waals surface area contributed by atoms with Gasteiger partial charge in [-0.3, -0.25) is 0 Å². The van der Waals surface area contributed by atoms with Crippen LogP contribution in [0.15, 0.2) is 12.2 Å². The van der Waals surface area contributed by atoms with Crippen molar-refractivity contribution in [2.24, 2.45) is 0 Å². The van der Waals surface area contributed by atoms with Crippen molar-refractivity contribution in [2.45, 2.75) is 96.8 Å². The van der Waals surface area contributed by atoms with E-state index in [1.165, 1.54) is 64.2 Å². The average molecular weight is 306 g/mol. The average Bonchev–Trinajstić information content (AvgIpc) is 2.43. The van der Waals surface area contributed by atoms with Crippen LogP contribution in [0.1, 0.15) is 96.8 Å². The van der Waals surface area contributed by atoms with Gasteiger partial charge in [0.25, 0.3) is 0 Å². The second-order valence-electron chi connectivity index (χ2n) is 5.71. The second-order valence-corrected chi connectivity index (χ2v) is 5.71. The zero-order valence-electron chi connectivity index (χ0n) is 14.1. The van der Waals surface area contributed by atoms with E-state index < -0.39 is 5.97 Å². The Morgan fingerprint density at radius 3 is 1.67 bits per heavy atom. The number of allylic oxidation sites excluding steroid dienone is 2. The van der Waals surface area contributed by atoms with Crippen molar-refractivity contribution in [1.29, 1.82) is 0 Å². The van der Waals surface area contributed by atoms with Gasteiger partial charge in [-0.1, -0.05) is 70.4 Å². The van der Waals surface area contributed by atoms with Gasteiger partial charge in [0.05, 0.1) is 0 Å².